The average Bonchev–Trinajstić information content (AvgIpc) is 2.90. The molecule has 1 heterocycles. The number of hydrogen-bond acceptors (Lipinski definition) is 4. The zero-order chi connectivity index (χ0) is 15.2. The highest BCUT2D eigenvalue weighted by Crippen LogP contribution is 2.12. The summed E-state index contributed by atoms with van der Waals surface area (Å²) in [6.07, 6.45) is 3.51. The molecule has 2 rings (SSSR count). The van der Waals surface area contributed by atoms with Crippen LogP contribution in [0.25, 0.3) is 0 Å². The van der Waals surface area contributed by atoms with Crippen LogP contribution in [0.3, 0.4) is 0 Å². The number of nitrogens with zero attached hydrogens (tertiary/aromatic N) is 2. The van der Waals surface area contributed by atoms with Gasteiger partial charge in [-0.05, 0) is 24.6 Å². The third kappa shape index (κ3) is 4.24. The Kier molecular flexibility index (Phi) is 4.81. The number of nitrogens with one attached hydrogen (secondary N) is 2. The predicted octanol–water partition coefficient (Wildman–Crippen LogP) is 1.55. The third-order valence-electron chi connectivity index (χ3n) is 3.08. The van der Waals surface area contributed by atoms with Crippen molar-refractivity contribution in [2.24, 2.45) is 7.05 Å². The van der Waals surface area contributed by atoms with E-state index in [1.807, 2.05) is 44.4 Å². The Balaban J connectivity index is 1.85. The molecule has 2 aromatic rings. The number of aromatic nitrogens is 2. The van der Waals surface area contributed by atoms with Gasteiger partial charge in [0.15, 0.2) is 0 Å². The first-order chi connectivity index (χ1) is 10.1. The van der Waals surface area contributed by atoms with E-state index in [9.17, 15) is 4.79 Å². The monoisotopic (exact) mass is 288 g/mol. The molecular weight excluding hydrogens is 268 g/mol. The summed E-state index contributed by atoms with van der Waals surface area (Å²) in [6, 6.07) is 7.29. The highest BCUT2D eigenvalue weighted by atomic mass is 16.5. The molecule has 6 heteroatoms. The van der Waals surface area contributed by atoms with Crippen LogP contribution < -0.4 is 15.4 Å². The van der Waals surface area contributed by atoms with Crippen LogP contribution in [-0.4, -0.2) is 28.8 Å². The van der Waals surface area contributed by atoms with Crippen LogP contribution in [-0.2, 0) is 18.4 Å². The van der Waals surface area contributed by atoms with E-state index in [0.29, 0.717) is 6.54 Å². The van der Waals surface area contributed by atoms with E-state index in [1.165, 1.54) is 0 Å². The second kappa shape index (κ2) is 6.78. The molecule has 1 amide bonds. The Morgan fingerprint density at radius 2 is 2.29 bits per heavy atom. The molecular formula is C15H20N4O2. The first-order valence-corrected chi connectivity index (χ1v) is 6.74. The standard InChI is InChI=1S/C15H20N4O2/c1-11(18-13-9-17-19(2)10-13)15(20)16-8-12-5-4-6-14(7-12)21-3/h4-7,9-11,18H,8H2,1-3H3,(H,16,20)/t11-/m0/s1. The fraction of sp³-hybridized carbons (Fsp3) is 0.333. The van der Waals surface area contributed by atoms with E-state index < -0.39 is 0 Å². The Morgan fingerprint density at radius 3 is 2.95 bits per heavy atom. The molecule has 0 unspecified atom stereocenters. The quantitative estimate of drug-likeness (QED) is 0.846. The number of aryl methyl sites for hydroxylation is 1. The van der Waals surface area contributed by atoms with Gasteiger partial charge in [-0.3, -0.25) is 9.48 Å². The number of carbonyl (C=O) groups excluding carboxylic acids is 1. The topological polar surface area (TPSA) is 68.2 Å². The van der Waals surface area contributed by atoms with E-state index >= 15 is 0 Å². The van der Waals surface area contributed by atoms with Crippen molar-refractivity contribution in [1.29, 1.82) is 0 Å². The fourth-order valence-electron chi connectivity index (χ4n) is 1.94. The van der Waals surface area contributed by atoms with Crippen LogP contribution in [0.4, 0.5) is 5.69 Å². The maximum Gasteiger partial charge on any atom is 0.242 e. The van der Waals surface area contributed by atoms with E-state index in [4.69, 9.17) is 4.74 Å². The average molecular weight is 288 g/mol. The third-order valence-corrected chi connectivity index (χ3v) is 3.08. The van der Waals surface area contributed by atoms with Crippen LogP contribution in [0, 0.1) is 0 Å². The largest absolute Gasteiger partial charge is 0.497 e. The minimum absolute atomic E-state index is 0.0679. The summed E-state index contributed by atoms with van der Waals surface area (Å²) >= 11 is 0. The summed E-state index contributed by atoms with van der Waals surface area (Å²) in [6.45, 7) is 2.28. The van der Waals surface area contributed by atoms with Gasteiger partial charge in [0, 0.05) is 19.8 Å². The van der Waals surface area contributed by atoms with Crippen molar-refractivity contribution in [3.05, 3.63) is 42.2 Å². The molecule has 0 radical (unpaired) electrons. The maximum absolute atomic E-state index is 12.0. The smallest absolute Gasteiger partial charge is 0.242 e. The van der Waals surface area contributed by atoms with Crippen molar-refractivity contribution < 1.29 is 9.53 Å². The number of ether oxygens (including phenoxy) is 1. The number of benzene rings is 1. The van der Waals surface area contributed by atoms with Gasteiger partial charge in [0.1, 0.15) is 11.8 Å². The molecule has 0 saturated carbocycles. The van der Waals surface area contributed by atoms with Gasteiger partial charge in [0.2, 0.25) is 5.91 Å². The number of methoxy groups -OCH3 is 1. The van der Waals surface area contributed by atoms with E-state index in [-0.39, 0.29) is 11.9 Å². The first kappa shape index (κ1) is 14.9. The second-order valence-electron chi connectivity index (χ2n) is 4.84. The molecule has 0 aliphatic carbocycles. The van der Waals surface area contributed by atoms with E-state index in [2.05, 4.69) is 15.7 Å². The van der Waals surface area contributed by atoms with Crippen molar-refractivity contribution in [2.45, 2.75) is 19.5 Å². The maximum atomic E-state index is 12.0. The van der Waals surface area contributed by atoms with Gasteiger partial charge < -0.3 is 15.4 Å². The Hall–Kier alpha value is -2.50. The summed E-state index contributed by atoms with van der Waals surface area (Å²) in [5.74, 6) is 0.713. The Labute approximate surface area is 124 Å². The Morgan fingerprint density at radius 1 is 1.48 bits per heavy atom. The molecule has 0 saturated heterocycles. The van der Waals surface area contributed by atoms with E-state index in [1.54, 1.807) is 18.0 Å². The van der Waals surface area contributed by atoms with Gasteiger partial charge in [-0.2, -0.15) is 5.10 Å². The van der Waals surface area contributed by atoms with Gasteiger partial charge in [0.05, 0.1) is 19.0 Å². The summed E-state index contributed by atoms with van der Waals surface area (Å²) in [5, 5.41) is 10.0. The summed E-state index contributed by atoms with van der Waals surface area (Å²) < 4.78 is 6.84. The van der Waals surface area contributed by atoms with E-state index in [0.717, 1.165) is 17.0 Å². The molecule has 0 fully saturated rings. The van der Waals surface area contributed by atoms with Gasteiger partial charge in [0.25, 0.3) is 0 Å². The van der Waals surface area contributed by atoms with Gasteiger partial charge >= 0.3 is 0 Å². The highest BCUT2D eigenvalue weighted by molar-refractivity contribution is 5.84. The number of rotatable bonds is 6. The van der Waals surface area contributed by atoms with Crippen molar-refractivity contribution in [3.63, 3.8) is 0 Å². The molecule has 1 aromatic heterocycles. The predicted molar refractivity (Wildman–Crippen MR) is 81.1 cm³/mol. The van der Waals surface area contributed by atoms with Crippen molar-refractivity contribution >= 4 is 11.6 Å². The molecule has 2 N–H and O–H groups in total. The van der Waals surface area contributed by atoms with Crippen molar-refractivity contribution in [1.82, 2.24) is 15.1 Å². The lowest BCUT2D eigenvalue weighted by Gasteiger charge is -2.14. The molecule has 0 bridgehead atoms. The highest BCUT2D eigenvalue weighted by Gasteiger charge is 2.12. The molecule has 112 valence electrons. The number of amides is 1. The Bertz CT molecular complexity index is 609. The summed E-state index contributed by atoms with van der Waals surface area (Å²) in [5.41, 5.74) is 1.82. The second-order valence-corrected chi connectivity index (χ2v) is 4.84. The molecule has 1 atom stereocenters. The van der Waals surface area contributed by atoms with Crippen molar-refractivity contribution in [3.8, 4) is 5.75 Å². The summed E-state index contributed by atoms with van der Waals surface area (Å²) in [7, 11) is 3.45. The van der Waals surface area contributed by atoms with Crippen LogP contribution in [0.2, 0.25) is 0 Å². The van der Waals surface area contributed by atoms with Gasteiger partial charge in [-0.1, -0.05) is 12.1 Å². The lowest BCUT2D eigenvalue weighted by molar-refractivity contribution is -0.121. The number of carbonyl (C=O) groups is 1. The molecule has 1 aromatic carbocycles. The number of anilines is 1. The zero-order valence-corrected chi connectivity index (χ0v) is 12.5. The minimum atomic E-state index is -0.334. The molecule has 21 heavy (non-hydrogen) atoms. The minimum Gasteiger partial charge on any atom is -0.497 e. The fourth-order valence-corrected chi connectivity index (χ4v) is 1.94. The van der Waals surface area contributed by atoms with Crippen molar-refractivity contribution in [2.75, 3.05) is 12.4 Å². The van der Waals surface area contributed by atoms with Crippen LogP contribution >= 0.6 is 0 Å². The lowest BCUT2D eigenvalue weighted by Crippen LogP contribution is -2.37. The molecule has 0 aliphatic rings. The normalized spacial score (nSPS) is 11.8. The van der Waals surface area contributed by atoms with Gasteiger partial charge in [-0.25, -0.2) is 0 Å². The van der Waals surface area contributed by atoms with Crippen LogP contribution in [0.15, 0.2) is 36.7 Å². The molecule has 0 spiro atoms. The summed E-state index contributed by atoms with van der Waals surface area (Å²) in [4.78, 5) is 12.0. The number of hydrogen-bond donors (Lipinski definition) is 2. The first-order valence-electron chi connectivity index (χ1n) is 6.74. The lowest BCUT2D eigenvalue weighted by atomic mass is 10.2. The molecule has 0 aliphatic heterocycles. The van der Waals surface area contributed by atoms with Crippen LogP contribution in [0.5, 0.6) is 5.75 Å². The SMILES string of the molecule is COc1cccc(CNC(=O)[C@H](C)Nc2cnn(C)c2)c1. The molecule has 6 nitrogen and oxygen atoms in total. The zero-order valence-electron chi connectivity index (χ0n) is 12.5. The van der Waals surface area contributed by atoms with Gasteiger partial charge in [-0.15, -0.1) is 0 Å². The van der Waals surface area contributed by atoms with Crippen LogP contribution in [0.1, 0.15) is 12.5 Å².